The SMILES string of the molecule is CC/C=C\C/C=C\C/C=C\C/C=C\C/C=C\CCCCCCCC(=O)OCC(COC(=O)CCCCCCC/C=C\C/C=C\CCCCC)OC(=O)CCCCCCCCCCCCCCCCCCCC. The summed E-state index contributed by atoms with van der Waals surface area (Å²) >= 11 is 0. The van der Waals surface area contributed by atoms with Gasteiger partial charge in [-0.2, -0.15) is 0 Å². The molecule has 0 radical (unpaired) electrons. The molecule has 0 amide bonds. The maximum absolute atomic E-state index is 12.9. The molecule has 72 heavy (non-hydrogen) atoms. The molecule has 0 aromatic carbocycles. The Labute approximate surface area is 445 Å². The van der Waals surface area contributed by atoms with E-state index < -0.39 is 6.10 Å². The van der Waals surface area contributed by atoms with Crippen LogP contribution in [0.15, 0.2) is 85.1 Å². The number of allylic oxidation sites excluding steroid dienone is 14. The number of hydrogen-bond donors (Lipinski definition) is 0. The Morgan fingerprint density at radius 3 is 0.875 bits per heavy atom. The normalized spacial score (nSPS) is 12.7. The summed E-state index contributed by atoms with van der Waals surface area (Å²) in [5.74, 6) is -0.908. The van der Waals surface area contributed by atoms with Crippen LogP contribution in [0.1, 0.15) is 297 Å². The summed E-state index contributed by atoms with van der Waals surface area (Å²) in [5.41, 5.74) is 0. The molecular weight excluding hydrogens is 889 g/mol. The van der Waals surface area contributed by atoms with Gasteiger partial charge < -0.3 is 14.2 Å². The van der Waals surface area contributed by atoms with E-state index in [0.717, 1.165) is 128 Å². The van der Waals surface area contributed by atoms with Gasteiger partial charge in [0.15, 0.2) is 6.10 Å². The highest BCUT2D eigenvalue weighted by Crippen LogP contribution is 2.16. The summed E-state index contributed by atoms with van der Waals surface area (Å²) in [7, 11) is 0. The van der Waals surface area contributed by atoms with Crippen LogP contribution >= 0.6 is 0 Å². The van der Waals surface area contributed by atoms with E-state index in [-0.39, 0.29) is 31.1 Å². The van der Waals surface area contributed by atoms with Gasteiger partial charge in [0, 0.05) is 19.3 Å². The average molecular weight is 1000 g/mol. The Balaban J connectivity index is 4.41. The number of ether oxygens (including phenoxy) is 3. The van der Waals surface area contributed by atoms with Crippen LogP contribution in [0.3, 0.4) is 0 Å². The van der Waals surface area contributed by atoms with Crippen molar-refractivity contribution in [3.05, 3.63) is 85.1 Å². The van der Waals surface area contributed by atoms with Crippen molar-refractivity contribution >= 4 is 17.9 Å². The maximum atomic E-state index is 12.9. The van der Waals surface area contributed by atoms with Crippen molar-refractivity contribution < 1.29 is 28.6 Å². The van der Waals surface area contributed by atoms with E-state index >= 15 is 0 Å². The molecule has 1 atom stereocenters. The highest BCUT2D eigenvalue weighted by atomic mass is 16.6. The fourth-order valence-corrected chi connectivity index (χ4v) is 8.56. The molecule has 0 saturated heterocycles. The van der Waals surface area contributed by atoms with Gasteiger partial charge in [-0.25, -0.2) is 0 Å². The third-order valence-electron chi connectivity index (χ3n) is 13.1. The van der Waals surface area contributed by atoms with E-state index in [9.17, 15) is 14.4 Å². The van der Waals surface area contributed by atoms with Crippen molar-refractivity contribution in [2.24, 2.45) is 0 Å². The zero-order valence-corrected chi connectivity index (χ0v) is 47.4. The minimum atomic E-state index is -0.790. The van der Waals surface area contributed by atoms with Crippen LogP contribution in [0.5, 0.6) is 0 Å². The summed E-state index contributed by atoms with van der Waals surface area (Å²) in [5, 5.41) is 0. The topological polar surface area (TPSA) is 78.9 Å². The standard InChI is InChI=1S/C66H114O6/c1-4-7-10-13-16-19-22-25-28-30-32-33-34-36-38-41-44-47-50-53-56-59-65(68)71-62-63(61-70-64(67)58-55-52-49-46-43-40-37-27-24-21-18-15-12-9-6-3)72-66(69)60-57-54-51-48-45-42-39-35-31-29-26-23-20-17-14-11-8-5-2/h7,10,16,18-19,21,25,27-28,32-33,36-38,63H,4-6,8-9,11-15,17,20,22-24,26,29-31,34-35,39-62H2,1-3H3/b10-7-,19-16-,21-18-,28-25-,33-32-,37-27-,38-36-. The number of rotatable bonds is 55. The molecule has 414 valence electrons. The highest BCUT2D eigenvalue weighted by molar-refractivity contribution is 5.71. The number of esters is 3. The summed E-state index contributed by atoms with van der Waals surface area (Å²) in [6, 6.07) is 0. The minimum Gasteiger partial charge on any atom is -0.462 e. The Kier molecular flexibility index (Phi) is 57.3. The third kappa shape index (κ3) is 57.5. The number of carbonyl (C=O) groups is 3. The minimum absolute atomic E-state index is 0.0882. The molecule has 0 aromatic rings. The zero-order valence-electron chi connectivity index (χ0n) is 47.4. The first-order chi connectivity index (χ1) is 35.5. The van der Waals surface area contributed by atoms with Gasteiger partial charge in [-0.05, 0) is 96.3 Å². The predicted octanol–water partition coefficient (Wildman–Crippen LogP) is 20.7. The fraction of sp³-hybridized carbons (Fsp3) is 0.742. The average Bonchev–Trinajstić information content (AvgIpc) is 3.38. The smallest absolute Gasteiger partial charge is 0.306 e. The van der Waals surface area contributed by atoms with Crippen molar-refractivity contribution in [1.29, 1.82) is 0 Å². The van der Waals surface area contributed by atoms with E-state index in [1.165, 1.54) is 128 Å². The monoisotopic (exact) mass is 1000 g/mol. The third-order valence-corrected chi connectivity index (χ3v) is 13.1. The molecule has 0 rings (SSSR count). The van der Waals surface area contributed by atoms with Gasteiger partial charge in [0.1, 0.15) is 13.2 Å². The maximum Gasteiger partial charge on any atom is 0.306 e. The second-order valence-corrected chi connectivity index (χ2v) is 20.2. The summed E-state index contributed by atoms with van der Waals surface area (Å²) in [4.78, 5) is 38.3. The second-order valence-electron chi connectivity index (χ2n) is 20.2. The van der Waals surface area contributed by atoms with Crippen LogP contribution in [-0.4, -0.2) is 37.2 Å². The van der Waals surface area contributed by atoms with Crippen LogP contribution in [0.4, 0.5) is 0 Å². The Bertz CT molecular complexity index is 1380. The lowest BCUT2D eigenvalue weighted by Gasteiger charge is -2.18. The summed E-state index contributed by atoms with van der Waals surface area (Å²) in [6.45, 7) is 6.50. The molecule has 0 fully saturated rings. The molecular formula is C66H114O6. The van der Waals surface area contributed by atoms with Crippen LogP contribution in [-0.2, 0) is 28.6 Å². The molecule has 6 heteroatoms. The van der Waals surface area contributed by atoms with Crippen LogP contribution in [0.2, 0.25) is 0 Å². The van der Waals surface area contributed by atoms with Gasteiger partial charge in [-0.1, -0.05) is 266 Å². The molecule has 0 saturated carbocycles. The van der Waals surface area contributed by atoms with E-state index in [1.54, 1.807) is 0 Å². The zero-order chi connectivity index (χ0) is 52.2. The van der Waals surface area contributed by atoms with Gasteiger partial charge in [0.05, 0.1) is 0 Å². The molecule has 6 nitrogen and oxygen atoms in total. The molecule has 0 N–H and O–H groups in total. The molecule has 0 bridgehead atoms. The van der Waals surface area contributed by atoms with E-state index in [2.05, 4.69) is 106 Å². The van der Waals surface area contributed by atoms with Gasteiger partial charge >= 0.3 is 17.9 Å². The molecule has 0 spiro atoms. The molecule has 0 aliphatic carbocycles. The highest BCUT2D eigenvalue weighted by Gasteiger charge is 2.19. The first-order valence-electron chi connectivity index (χ1n) is 30.6. The molecule has 0 aliphatic rings. The van der Waals surface area contributed by atoms with Gasteiger partial charge in [-0.15, -0.1) is 0 Å². The van der Waals surface area contributed by atoms with Crippen LogP contribution in [0, 0.1) is 0 Å². The van der Waals surface area contributed by atoms with Crippen molar-refractivity contribution in [1.82, 2.24) is 0 Å². The predicted molar refractivity (Wildman–Crippen MR) is 311 cm³/mol. The lowest BCUT2D eigenvalue weighted by Crippen LogP contribution is -2.30. The van der Waals surface area contributed by atoms with Crippen molar-refractivity contribution in [2.45, 2.75) is 303 Å². The molecule has 0 aromatic heterocycles. The van der Waals surface area contributed by atoms with Gasteiger partial charge in [0.25, 0.3) is 0 Å². The van der Waals surface area contributed by atoms with E-state index in [0.29, 0.717) is 19.3 Å². The Hall–Kier alpha value is -3.41. The first-order valence-corrected chi connectivity index (χ1v) is 30.6. The first kappa shape index (κ1) is 68.6. The Morgan fingerprint density at radius 2 is 0.542 bits per heavy atom. The van der Waals surface area contributed by atoms with Crippen molar-refractivity contribution in [3.8, 4) is 0 Å². The van der Waals surface area contributed by atoms with E-state index in [4.69, 9.17) is 14.2 Å². The fourth-order valence-electron chi connectivity index (χ4n) is 8.56. The largest absolute Gasteiger partial charge is 0.462 e. The van der Waals surface area contributed by atoms with Crippen molar-refractivity contribution in [2.75, 3.05) is 13.2 Å². The molecule has 0 aliphatic heterocycles. The lowest BCUT2D eigenvalue weighted by molar-refractivity contribution is -0.167. The number of unbranched alkanes of at least 4 members (excludes halogenated alkanes) is 30. The van der Waals surface area contributed by atoms with Crippen LogP contribution in [0.25, 0.3) is 0 Å². The van der Waals surface area contributed by atoms with Crippen molar-refractivity contribution in [3.63, 3.8) is 0 Å². The molecule has 0 heterocycles. The summed E-state index contributed by atoms with van der Waals surface area (Å²) in [6.07, 6.45) is 78.6. The van der Waals surface area contributed by atoms with Gasteiger partial charge in [0.2, 0.25) is 0 Å². The molecule has 1 unspecified atom stereocenters. The quantitative estimate of drug-likeness (QED) is 0.0261. The van der Waals surface area contributed by atoms with E-state index in [1.807, 2.05) is 0 Å². The van der Waals surface area contributed by atoms with Gasteiger partial charge in [-0.3, -0.25) is 14.4 Å². The number of hydrogen-bond acceptors (Lipinski definition) is 6. The Morgan fingerprint density at radius 1 is 0.292 bits per heavy atom. The lowest BCUT2D eigenvalue weighted by atomic mass is 10.0. The van der Waals surface area contributed by atoms with Crippen LogP contribution < -0.4 is 0 Å². The summed E-state index contributed by atoms with van der Waals surface area (Å²) < 4.78 is 16.9. The second kappa shape index (κ2) is 60.1. The number of carbonyl (C=O) groups excluding carboxylic acids is 3.